The molecule has 2 bridgehead atoms. The second-order valence-electron chi connectivity index (χ2n) is 5.51. The number of allylic oxidation sites excluding steroid dienone is 1. The molecular formula is C15H16N2O2S. The van der Waals surface area contributed by atoms with Crippen LogP contribution in [0, 0.1) is 5.92 Å². The molecule has 2 N–H and O–H groups in total. The van der Waals surface area contributed by atoms with Gasteiger partial charge in [-0.25, -0.2) is 4.98 Å². The van der Waals surface area contributed by atoms with E-state index in [0.29, 0.717) is 25.1 Å². The number of rotatable bonds is 2. The van der Waals surface area contributed by atoms with Crippen molar-refractivity contribution in [3.8, 4) is 5.88 Å². The van der Waals surface area contributed by atoms with Crippen LogP contribution < -0.4 is 10.5 Å². The van der Waals surface area contributed by atoms with Crippen molar-refractivity contribution in [1.82, 2.24) is 4.98 Å². The highest BCUT2D eigenvalue weighted by atomic mass is 32.1. The van der Waals surface area contributed by atoms with Gasteiger partial charge in [0.25, 0.3) is 0 Å². The monoisotopic (exact) mass is 288 g/mol. The fourth-order valence-electron chi connectivity index (χ4n) is 3.43. The third kappa shape index (κ3) is 1.62. The fourth-order valence-corrected chi connectivity index (χ4v) is 3.71. The van der Waals surface area contributed by atoms with Gasteiger partial charge in [0.1, 0.15) is 5.41 Å². The number of ether oxygens (including phenoxy) is 1. The summed E-state index contributed by atoms with van der Waals surface area (Å²) in [6.45, 7) is 4.05. The largest absolute Gasteiger partial charge is 0.481 e. The molecule has 0 saturated heterocycles. The first-order chi connectivity index (χ1) is 9.49. The number of thiocarbonyl (C=S) groups is 1. The quantitative estimate of drug-likeness (QED) is 0.663. The van der Waals surface area contributed by atoms with Gasteiger partial charge in [0.2, 0.25) is 5.88 Å². The predicted octanol–water partition coefficient (Wildman–Crippen LogP) is 1.71. The lowest BCUT2D eigenvalue weighted by molar-refractivity contribution is -0.128. The Morgan fingerprint density at radius 2 is 2.30 bits per heavy atom. The van der Waals surface area contributed by atoms with Crippen LogP contribution in [0.5, 0.6) is 5.88 Å². The molecule has 0 spiro atoms. The van der Waals surface area contributed by atoms with Crippen LogP contribution in [0.3, 0.4) is 0 Å². The number of pyridine rings is 1. The molecule has 4 nitrogen and oxygen atoms in total. The molecule has 0 aromatic carbocycles. The van der Waals surface area contributed by atoms with Gasteiger partial charge in [0, 0.05) is 24.1 Å². The second-order valence-corrected chi connectivity index (χ2v) is 5.95. The third-order valence-corrected chi connectivity index (χ3v) is 4.67. The van der Waals surface area contributed by atoms with Gasteiger partial charge in [-0.3, -0.25) is 4.79 Å². The van der Waals surface area contributed by atoms with E-state index in [2.05, 4.69) is 11.6 Å². The van der Waals surface area contributed by atoms with Crippen LogP contribution in [-0.2, 0) is 16.6 Å². The zero-order valence-electron chi connectivity index (χ0n) is 11.3. The maximum absolute atomic E-state index is 12.8. The molecule has 1 fully saturated rings. The molecule has 1 heterocycles. The summed E-state index contributed by atoms with van der Waals surface area (Å²) in [5.74, 6) is 0.551. The number of fused-ring (bicyclic) bond motifs is 4. The lowest BCUT2D eigenvalue weighted by atomic mass is 9.58. The summed E-state index contributed by atoms with van der Waals surface area (Å²) >= 11 is 5.24. The zero-order valence-corrected chi connectivity index (χ0v) is 12.1. The van der Waals surface area contributed by atoms with Crippen molar-refractivity contribution in [2.75, 3.05) is 7.11 Å². The number of hydrogen-bond acceptors (Lipinski definition) is 4. The van der Waals surface area contributed by atoms with Gasteiger partial charge in [-0.1, -0.05) is 30.4 Å². The van der Waals surface area contributed by atoms with Gasteiger partial charge in [0.05, 0.1) is 12.1 Å². The molecule has 0 aliphatic heterocycles. The Balaban J connectivity index is 2.25. The number of carbonyl (C=O) groups excluding carboxylic acids is 1. The average molecular weight is 288 g/mol. The summed E-state index contributed by atoms with van der Waals surface area (Å²) in [5.41, 5.74) is 7.77. The highest BCUT2D eigenvalue weighted by Gasteiger charge is 2.53. The smallest absolute Gasteiger partial charge is 0.213 e. The van der Waals surface area contributed by atoms with Gasteiger partial charge in [-0.05, 0) is 18.4 Å². The number of nitrogens with two attached hydrogens (primary N) is 1. The van der Waals surface area contributed by atoms with Gasteiger partial charge in [0.15, 0.2) is 5.78 Å². The normalized spacial score (nSPS) is 27.9. The van der Waals surface area contributed by atoms with E-state index in [-0.39, 0.29) is 16.7 Å². The van der Waals surface area contributed by atoms with E-state index < -0.39 is 5.41 Å². The van der Waals surface area contributed by atoms with Gasteiger partial charge >= 0.3 is 0 Å². The van der Waals surface area contributed by atoms with Crippen molar-refractivity contribution in [2.24, 2.45) is 11.7 Å². The number of hydrogen-bond donors (Lipinski definition) is 1. The predicted molar refractivity (Wildman–Crippen MR) is 79.8 cm³/mol. The third-order valence-electron chi connectivity index (χ3n) is 4.32. The van der Waals surface area contributed by atoms with Crippen molar-refractivity contribution >= 4 is 23.0 Å². The van der Waals surface area contributed by atoms with Crippen LogP contribution in [-0.4, -0.2) is 22.9 Å². The topological polar surface area (TPSA) is 65.2 Å². The fraction of sp³-hybridized carbons (Fsp3) is 0.400. The Bertz CT molecular complexity index is 641. The standard InChI is InChI=1S/C15H16N2O2S/c1-8-5-9-6-11-10(3-4-12(17-11)19-2)15(7-8,13(9)18)14(16)20/h3-4,9H,1,5-7H2,2H3,(H2,16,20). The van der Waals surface area contributed by atoms with E-state index in [9.17, 15) is 4.79 Å². The molecule has 0 amide bonds. The van der Waals surface area contributed by atoms with Gasteiger partial charge < -0.3 is 10.5 Å². The summed E-state index contributed by atoms with van der Waals surface area (Å²) < 4.78 is 5.17. The van der Waals surface area contributed by atoms with Crippen molar-refractivity contribution in [1.29, 1.82) is 0 Å². The summed E-state index contributed by atoms with van der Waals surface area (Å²) in [7, 11) is 1.58. The molecule has 1 saturated carbocycles. The average Bonchev–Trinajstić information content (AvgIpc) is 2.40. The van der Waals surface area contributed by atoms with Crippen molar-refractivity contribution in [3.05, 3.63) is 35.5 Å². The Kier molecular flexibility index (Phi) is 2.90. The number of ketones is 1. The SMILES string of the molecule is C=C1CC2Cc3nc(OC)ccc3C(C(N)=S)(C1)C2=O. The minimum Gasteiger partial charge on any atom is -0.481 e. The molecule has 104 valence electrons. The number of nitrogens with zero attached hydrogens (tertiary/aromatic N) is 1. The first-order valence-electron chi connectivity index (χ1n) is 6.54. The van der Waals surface area contributed by atoms with Crippen LogP contribution in [0.15, 0.2) is 24.3 Å². The first kappa shape index (κ1) is 13.2. The van der Waals surface area contributed by atoms with Crippen molar-refractivity contribution in [2.45, 2.75) is 24.7 Å². The number of methoxy groups -OCH3 is 1. The molecule has 2 aliphatic carbocycles. The molecule has 5 heteroatoms. The Morgan fingerprint density at radius 3 is 2.95 bits per heavy atom. The van der Waals surface area contributed by atoms with E-state index >= 15 is 0 Å². The molecule has 2 atom stereocenters. The summed E-state index contributed by atoms with van der Waals surface area (Å²) in [5, 5.41) is 0. The Labute approximate surface area is 123 Å². The highest BCUT2D eigenvalue weighted by Crippen LogP contribution is 2.47. The maximum atomic E-state index is 12.8. The maximum Gasteiger partial charge on any atom is 0.213 e. The molecule has 2 unspecified atom stereocenters. The molecule has 2 aliphatic rings. The van der Waals surface area contributed by atoms with Crippen LogP contribution in [0.25, 0.3) is 0 Å². The first-order valence-corrected chi connectivity index (χ1v) is 6.95. The van der Waals surface area contributed by atoms with Crippen molar-refractivity contribution in [3.63, 3.8) is 0 Å². The molecule has 1 aromatic rings. The Hall–Kier alpha value is -1.75. The van der Waals surface area contributed by atoms with Crippen LogP contribution in [0.1, 0.15) is 24.1 Å². The van der Waals surface area contributed by atoms with Crippen LogP contribution >= 0.6 is 12.2 Å². The van der Waals surface area contributed by atoms with E-state index in [0.717, 1.165) is 16.8 Å². The summed E-state index contributed by atoms with van der Waals surface area (Å²) in [6.07, 6.45) is 1.80. The minimum absolute atomic E-state index is 0.121. The number of Topliss-reactive ketones (excluding diaryl/α,β-unsaturated/α-hetero) is 1. The van der Waals surface area contributed by atoms with E-state index in [1.165, 1.54) is 0 Å². The minimum atomic E-state index is -0.914. The molecular weight excluding hydrogens is 272 g/mol. The zero-order chi connectivity index (χ0) is 14.5. The van der Waals surface area contributed by atoms with Crippen molar-refractivity contribution < 1.29 is 9.53 Å². The van der Waals surface area contributed by atoms with Gasteiger partial charge in [-0.2, -0.15) is 0 Å². The van der Waals surface area contributed by atoms with Gasteiger partial charge in [-0.15, -0.1) is 0 Å². The van der Waals surface area contributed by atoms with Crippen LogP contribution in [0.2, 0.25) is 0 Å². The van der Waals surface area contributed by atoms with E-state index in [1.54, 1.807) is 13.2 Å². The lowest BCUT2D eigenvalue weighted by Crippen LogP contribution is -2.55. The van der Waals surface area contributed by atoms with E-state index in [4.69, 9.17) is 22.7 Å². The Morgan fingerprint density at radius 1 is 1.55 bits per heavy atom. The number of aromatic nitrogens is 1. The highest BCUT2D eigenvalue weighted by molar-refractivity contribution is 7.80. The second kappa shape index (κ2) is 4.38. The molecule has 0 radical (unpaired) electrons. The summed E-state index contributed by atoms with van der Waals surface area (Å²) in [6, 6.07) is 3.62. The summed E-state index contributed by atoms with van der Waals surface area (Å²) in [4.78, 5) is 17.5. The van der Waals surface area contributed by atoms with Crippen LogP contribution in [0.4, 0.5) is 0 Å². The van der Waals surface area contributed by atoms with E-state index in [1.807, 2.05) is 6.07 Å². The number of carbonyl (C=O) groups is 1. The lowest BCUT2D eigenvalue weighted by Gasteiger charge is -2.44. The molecule has 20 heavy (non-hydrogen) atoms. The molecule has 1 aromatic heterocycles. The molecule has 3 rings (SSSR count).